The zero-order valence-electron chi connectivity index (χ0n) is 15.2. The van der Waals surface area contributed by atoms with Crippen molar-refractivity contribution in [1.29, 1.82) is 0 Å². The van der Waals surface area contributed by atoms with E-state index in [1.807, 2.05) is 38.4 Å². The third kappa shape index (κ3) is 4.83. The molecule has 2 heterocycles. The number of aryl methyl sites for hydroxylation is 1. The average Bonchev–Trinajstić information content (AvgIpc) is 3.29. The minimum Gasteiger partial charge on any atom is -0.419 e. The molecule has 1 amide bonds. The van der Waals surface area contributed by atoms with Gasteiger partial charge in [-0.2, -0.15) is 5.10 Å². The van der Waals surface area contributed by atoms with Crippen LogP contribution in [0.5, 0.6) is 0 Å². The summed E-state index contributed by atoms with van der Waals surface area (Å²) in [6.07, 6.45) is 7.61. The predicted molar refractivity (Wildman–Crippen MR) is 103 cm³/mol. The van der Waals surface area contributed by atoms with Crippen molar-refractivity contribution in [2.45, 2.75) is 19.9 Å². The predicted octanol–water partition coefficient (Wildman–Crippen LogP) is 3.58. The highest BCUT2D eigenvalue weighted by Crippen LogP contribution is 2.26. The Morgan fingerprint density at radius 3 is 2.85 bits per heavy atom. The summed E-state index contributed by atoms with van der Waals surface area (Å²) in [5.74, 6) is 0.574. The molecule has 140 valence electrons. The summed E-state index contributed by atoms with van der Waals surface area (Å²) in [5.41, 5.74) is 1.53. The molecule has 3 aromatic rings. The Bertz CT molecular complexity index is 947. The number of halogens is 1. The maximum Gasteiger partial charge on any atom is 0.249 e. The number of hydrogen-bond donors (Lipinski definition) is 0. The number of carbonyl (C=O) groups excluding carboxylic acids is 1. The van der Waals surface area contributed by atoms with Gasteiger partial charge in [-0.3, -0.25) is 9.48 Å². The first kappa shape index (κ1) is 18.8. The highest BCUT2D eigenvalue weighted by molar-refractivity contribution is 6.33. The monoisotopic (exact) mass is 385 g/mol. The Labute approximate surface area is 162 Å². The van der Waals surface area contributed by atoms with Crippen molar-refractivity contribution >= 4 is 23.6 Å². The summed E-state index contributed by atoms with van der Waals surface area (Å²) < 4.78 is 7.39. The summed E-state index contributed by atoms with van der Waals surface area (Å²) in [6, 6.07) is 7.25. The van der Waals surface area contributed by atoms with Gasteiger partial charge in [0.15, 0.2) is 0 Å². The molecule has 0 fully saturated rings. The van der Waals surface area contributed by atoms with E-state index in [1.165, 1.54) is 6.08 Å². The quantitative estimate of drug-likeness (QED) is 0.581. The molecule has 0 aliphatic rings. The molecular weight excluding hydrogens is 366 g/mol. The number of hydrogen-bond acceptors (Lipinski definition) is 5. The molecule has 3 rings (SSSR count). The number of aromatic nitrogens is 4. The molecule has 0 aliphatic carbocycles. The van der Waals surface area contributed by atoms with Crippen molar-refractivity contribution in [2.75, 3.05) is 6.54 Å². The fourth-order valence-electron chi connectivity index (χ4n) is 2.56. The van der Waals surface area contributed by atoms with E-state index in [4.69, 9.17) is 16.0 Å². The highest BCUT2D eigenvalue weighted by Gasteiger charge is 2.16. The molecule has 0 saturated carbocycles. The fourth-order valence-corrected chi connectivity index (χ4v) is 2.78. The van der Waals surface area contributed by atoms with Gasteiger partial charge in [-0.1, -0.05) is 30.7 Å². The fraction of sp³-hybridized carbons (Fsp3) is 0.263. The summed E-state index contributed by atoms with van der Waals surface area (Å²) in [5, 5.41) is 12.7. The SMILES string of the molecule is CCCN(Cc1nnc(-c2ccccc2Cl)o1)C(=O)/C=C/c1cnn(C)c1. The second kappa shape index (κ2) is 8.64. The maximum atomic E-state index is 12.5. The molecule has 27 heavy (non-hydrogen) atoms. The molecule has 2 aromatic heterocycles. The van der Waals surface area contributed by atoms with E-state index in [2.05, 4.69) is 15.3 Å². The van der Waals surface area contributed by atoms with Crippen LogP contribution in [0.15, 0.2) is 47.2 Å². The Hall–Kier alpha value is -2.93. The van der Waals surface area contributed by atoms with E-state index >= 15 is 0 Å². The zero-order valence-corrected chi connectivity index (χ0v) is 15.9. The van der Waals surface area contributed by atoms with Crippen LogP contribution in [0.2, 0.25) is 5.02 Å². The van der Waals surface area contributed by atoms with Gasteiger partial charge in [0.05, 0.1) is 23.3 Å². The number of amides is 1. The van der Waals surface area contributed by atoms with Crippen LogP contribution in [-0.2, 0) is 18.4 Å². The van der Waals surface area contributed by atoms with E-state index in [0.29, 0.717) is 28.9 Å². The van der Waals surface area contributed by atoms with E-state index in [-0.39, 0.29) is 12.5 Å². The maximum absolute atomic E-state index is 12.5. The van der Waals surface area contributed by atoms with Crippen molar-refractivity contribution in [2.24, 2.45) is 7.05 Å². The van der Waals surface area contributed by atoms with Gasteiger partial charge in [0.25, 0.3) is 0 Å². The molecule has 8 heteroatoms. The van der Waals surface area contributed by atoms with E-state index in [0.717, 1.165) is 12.0 Å². The molecule has 0 N–H and O–H groups in total. The van der Waals surface area contributed by atoms with Crippen molar-refractivity contribution in [3.63, 3.8) is 0 Å². The van der Waals surface area contributed by atoms with Crippen molar-refractivity contribution < 1.29 is 9.21 Å². The summed E-state index contributed by atoms with van der Waals surface area (Å²) >= 11 is 6.17. The van der Waals surface area contributed by atoms with E-state index in [9.17, 15) is 4.79 Å². The molecule has 0 saturated heterocycles. The highest BCUT2D eigenvalue weighted by atomic mass is 35.5. The molecule has 0 radical (unpaired) electrons. The molecule has 0 bridgehead atoms. The molecule has 0 unspecified atom stereocenters. The molecular formula is C19H20ClN5O2. The normalized spacial score (nSPS) is 11.2. The van der Waals surface area contributed by atoms with Gasteiger partial charge in [-0.05, 0) is 24.6 Å². The average molecular weight is 386 g/mol. The van der Waals surface area contributed by atoms with Gasteiger partial charge in [0.2, 0.25) is 17.7 Å². The van der Waals surface area contributed by atoms with Crippen LogP contribution in [0, 0.1) is 0 Å². The molecule has 1 aromatic carbocycles. The summed E-state index contributed by atoms with van der Waals surface area (Å²) in [6.45, 7) is 2.83. The van der Waals surface area contributed by atoms with Crippen LogP contribution in [0.1, 0.15) is 24.8 Å². The lowest BCUT2D eigenvalue weighted by molar-refractivity contribution is -0.126. The van der Waals surface area contributed by atoms with Gasteiger partial charge in [0.1, 0.15) is 0 Å². The number of benzene rings is 1. The zero-order chi connectivity index (χ0) is 19.2. The molecule has 0 spiro atoms. The Morgan fingerprint density at radius 2 is 2.15 bits per heavy atom. The largest absolute Gasteiger partial charge is 0.419 e. The van der Waals surface area contributed by atoms with Gasteiger partial charge in [-0.15, -0.1) is 10.2 Å². The lowest BCUT2D eigenvalue weighted by Gasteiger charge is -2.18. The van der Waals surface area contributed by atoms with Gasteiger partial charge in [-0.25, -0.2) is 0 Å². The first-order valence-corrected chi connectivity index (χ1v) is 8.97. The second-order valence-electron chi connectivity index (χ2n) is 6.02. The van der Waals surface area contributed by atoms with Gasteiger partial charge < -0.3 is 9.32 Å². The minimum absolute atomic E-state index is 0.127. The van der Waals surface area contributed by atoms with Crippen LogP contribution in [-0.4, -0.2) is 37.3 Å². The minimum atomic E-state index is -0.127. The van der Waals surface area contributed by atoms with Gasteiger partial charge in [0, 0.05) is 31.4 Å². The van der Waals surface area contributed by atoms with Crippen LogP contribution in [0.3, 0.4) is 0 Å². The number of rotatable bonds is 7. The third-order valence-corrected chi connectivity index (χ3v) is 4.18. The van der Waals surface area contributed by atoms with Gasteiger partial charge >= 0.3 is 0 Å². The van der Waals surface area contributed by atoms with Crippen LogP contribution < -0.4 is 0 Å². The topological polar surface area (TPSA) is 77.1 Å². The number of carbonyl (C=O) groups is 1. The second-order valence-corrected chi connectivity index (χ2v) is 6.43. The first-order valence-electron chi connectivity index (χ1n) is 8.59. The Morgan fingerprint density at radius 1 is 1.33 bits per heavy atom. The molecule has 0 atom stereocenters. The van der Waals surface area contributed by atoms with E-state index < -0.39 is 0 Å². The summed E-state index contributed by atoms with van der Waals surface area (Å²) in [7, 11) is 1.83. The van der Waals surface area contributed by atoms with Crippen LogP contribution in [0.4, 0.5) is 0 Å². The molecule has 0 aliphatic heterocycles. The Kier molecular flexibility index (Phi) is 6.03. The lowest BCUT2D eigenvalue weighted by atomic mass is 10.2. The van der Waals surface area contributed by atoms with Crippen LogP contribution in [0.25, 0.3) is 17.5 Å². The Balaban J connectivity index is 1.72. The van der Waals surface area contributed by atoms with Crippen molar-refractivity contribution in [1.82, 2.24) is 24.9 Å². The third-order valence-electron chi connectivity index (χ3n) is 3.85. The smallest absolute Gasteiger partial charge is 0.249 e. The molecule has 7 nitrogen and oxygen atoms in total. The standard InChI is InChI=1S/C19H20ClN5O2/c1-3-10-25(18(26)9-8-14-11-21-24(2)12-14)13-17-22-23-19(27-17)15-6-4-5-7-16(15)20/h4-9,11-12H,3,10,13H2,1-2H3/b9-8+. The summed E-state index contributed by atoms with van der Waals surface area (Å²) in [4.78, 5) is 14.2. The van der Waals surface area contributed by atoms with Crippen molar-refractivity contribution in [3.05, 3.63) is 59.2 Å². The number of nitrogens with zero attached hydrogens (tertiary/aromatic N) is 5. The lowest BCUT2D eigenvalue weighted by Crippen LogP contribution is -2.29. The van der Waals surface area contributed by atoms with Crippen LogP contribution >= 0.6 is 11.6 Å². The first-order chi connectivity index (χ1) is 13.1. The van der Waals surface area contributed by atoms with E-state index in [1.54, 1.807) is 27.9 Å². The van der Waals surface area contributed by atoms with Crippen molar-refractivity contribution in [3.8, 4) is 11.5 Å².